The number of hydrogen-bond acceptors (Lipinski definition) is 4. The first-order valence-corrected chi connectivity index (χ1v) is 9.42. The minimum absolute atomic E-state index is 0.0434. The van der Waals surface area contributed by atoms with Gasteiger partial charge in [-0.25, -0.2) is 13.4 Å². The lowest BCUT2D eigenvalue weighted by Crippen LogP contribution is -2.19. The number of rotatable bonds is 5. The van der Waals surface area contributed by atoms with E-state index in [1.54, 1.807) is 36.5 Å². The standard InChI is InChI=1S/C18H14ClN3O3S/c19-13-8-10-14(11-9-13)26(24,25)22-16-6-2-1-5-15(16)18(23)21-17-7-3-4-12-20-17/h1-12,22H,(H,20,21,23). The van der Waals surface area contributed by atoms with Crippen LogP contribution in [-0.2, 0) is 10.0 Å². The van der Waals surface area contributed by atoms with E-state index in [0.29, 0.717) is 10.8 Å². The molecule has 2 N–H and O–H groups in total. The average Bonchev–Trinajstić information content (AvgIpc) is 2.63. The van der Waals surface area contributed by atoms with E-state index < -0.39 is 15.9 Å². The number of benzene rings is 2. The number of halogens is 1. The SMILES string of the molecule is O=C(Nc1ccccn1)c1ccccc1NS(=O)(=O)c1ccc(Cl)cc1. The molecule has 1 heterocycles. The molecular weight excluding hydrogens is 374 g/mol. The van der Waals surface area contributed by atoms with Crippen LogP contribution in [0.15, 0.2) is 77.8 Å². The van der Waals surface area contributed by atoms with Gasteiger partial charge in [0.2, 0.25) is 0 Å². The zero-order chi connectivity index (χ0) is 18.6. The molecule has 6 nitrogen and oxygen atoms in total. The highest BCUT2D eigenvalue weighted by Gasteiger charge is 2.18. The fourth-order valence-corrected chi connectivity index (χ4v) is 3.41. The highest BCUT2D eigenvalue weighted by atomic mass is 35.5. The van der Waals surface area contributed by atoms with Crippen LogP contribution in [0.4, 0.5) is 11.5 Å². The molecule has 0 saturated heterocycles. The van der Waals surface area contributed by atoms with Crippen LogP contribution in [0, 0.1) is 0 Å². The summed E-state index contributed by atoms with van der Waals surface area (Å²) in [6.45, 7) is 0. The number of anilines is 2. The molecule has 0 radical (unpaired) electrons. The summed E-state index contributed by atoms with van der Waals surface area (Å²) >= 11 is 5.79. The molecular formula is C18H14ClN3O3S. The number of sulfonamides is 1. The summed E-state index contributed by atoms with van der Waals surface area (Å²) in [6.07, 6.45) is 1.55. The second-order valence-corrected chi connectivity index (χ2v) is 7.39. The van der Waals surface area contributed by atoms with Crippen molar-refractivity contribution in [2.45, 2.75) is 4.90 Å². The third kappa shape index (κ3) is 4.19. The molecule has 3 rings (SSSR count). The number of pyridine rings is 1. The zero-order valence-electron chi connectivity index (χ0n) is 13.4. The predicted octanol–water partition coefficient (Wildman–Crippen LogP) is 3.79. The number of carbonyl (C=O) groups excluding carboxylic acids is 1. The number of aromatic nitrogens is 1. The number of nitrogens with zero attached hydrogens (tertiary/aromatic N) is 1. The number of hydrogen-bond donors (Lipinski definition) is 2. The molecule has 26 heavy (non-hydrogen) atoms. The van der Waals surface area contributed by atoms with Crippen LogP contribution < -0.4 is 10.0 Å². The lowest BCUT2D eigenvalue weighted by molar-refractivity contribution is 0.102. The van der Waals surface area contributed by atoms with Crippen molar-refractivity contribution < 1.29 is 13.2 Å². The van der Waals surface area contributed by atoms with E-state index in [1.165, 1.54) is 36.4 Å². The van der Waals surface area contributed by atoms with Crippen molar-refractivity contribution in [3.63, 3.8) is 0 Å². The van der Waals surface area contributed by atoms with Crippen molar-refractivity contribution in [2.75, 3.05) is 10.0 Å². The van der Waals surface area contributed by atoms with Gasteiger partial charge in [0.15, 0.2) is 0 Å². The molecule has 2 aromatic carbocycles. The van der Waals surface area contributed by atoms with Crippen molar-refractivity contribution in [1.29, 1.82) is 0 Å². The highest BCUT2D eigenvalue weighted by Crippen LogP contribution is 2.22. The third-order valence-electron chi connectivity index (χ3n) is 3.45. The summed E-state index contributed by atoms with van der Waals surface area (Å²) in [5, 5.41) is 3.06. The van der Waals surface area contributed by atoms with Gasteiger partial charge in [-0.2, -0.15) is 0 Å². The van der Waals surface area contributed by atoms with Crippen LogP contribution in [0.2, 0.25) is 5.02 Å². The van der Waals surface area contributed by atoms with Crippen LogP contribution >= 0.6 is 11.6 Å². The van der Waals surface area contributed by atoms with E-state index in [4.69, 9.17) is 11.6 Å². The van der Waals surface area contributed by atoms with Gasteiger partial charge < -0.3 is 5.32 Å². The molecule has 1 aromatic heterocycles. The van der Waals surface area contributed by atoms with Gasteiger partial charge in [-0.15, -0.1) is 0 Å². The van der Waals surface area contributed by atoms with Gasteiger partial charge in [-0.1, -0.05) is 29.8 Å². The van der Waals surface area contributed by atoms with E-state index in [0.717, 1.165) is 0 Å². The largest absolute Gasteiger partial charge is 0.306 e. The van der Waals surface area contributed by atoms with Crippen molar-refractivity contribution in [1.82, 2.24) is 4.98 Å². The lowest BCUT2D eigenvalue weighted by atomic mass is 10.1. The molecule has 8 heteroatoms. The van der Waals surface area contributed by atoms with Gasteiger partial charge in [0, 0.05) is 11.2 Å². The van der Waals surface area contributed by atoms with Gasteiger partial charge >= 0.3 is 0 Å². The van der Waals surface area contributed by atoms with Crippen molar-refractivity contribution in [3.05, 3.63) is 83.5 Å². The van der Waals surface area contributed by atoms with Crippen LogP contribution in [0.1, 0.15) is 10.4 Å². The molecule has 0 aliphatic rings. The molecule has 0 saturated carbocycles. The Labute approximate surface area is 155 Å². The summed E-state index contributed by atoms with van der Waals surface area (Å²) in [4.78, 5) is 16.6. The first-order valence-electron chi connectivity index (χ1n) is 7.55. The van der Waals surface area contributed by atoms with Gasteiger partial charge in [0.05, 0.1) is 16.1 Å². The Morgan fingerprint density at radius 2 is 1.62 bits per heavy atom. The molecule has 132 valence electrons. The van der Waals surface area contributed by atoms with Gasteiger partial charge in [-0.3, -0.25) is 9.52 Å². The van der Waals surface area contributed by atoms with Crippen molar-refractivity contribution in [2.24, 2.45) is 0 Å². The van der Waals surface area contributed by atoms with Crippen molar-refractivity contribution in [3.8, 4) is 0 Å². The number of nitrogens with one attached hydrogen (secondary N) is 2. The Morgan fingerprint density at radius 3 is 2.31 bits per heavy atom. The summed E-state index contributed by atoms with van der Waals surface area (Å²) in [5.41, 5.74) is 0.339. The predicted molar refractivity (Wildman–Crippen MR) is 101 cm³/mol. The summed E-state index contributed by atoms with van der Waals surface area (Å²) in [6, 6.07) is 17.2. The molecule has 0 fully saturated rings. The Hall–Kier alpha value is -2.90. The maximum absolute atomic E-state index is 12.5. The summed E-state index contributed by atoms with van der Waals surface area (Å²) < 4.78 is 27.5. The highest BCUT2D eigenvalue weighted by molar-refractivity contribution is 7.92. The van der Waals surface area contributed by atoms with E-state index in [9.17, 15) is 13.2 Å². The maximum Gasteiger partial charge on any atom is 0.261 e. The van der Waals surface area contributed by atoms with Crippen LogP contribution in [0.5, 0.6) is 0 Å². The van der Waals surface area contributed by atoms with E-state index in [1.807, 2.05) is 0 Å². The minimum atomic E-state index is -3.86. The van der Waals surface area contributed by atoms with E-state index in [2.05, 4.69) is 15.0 Å². The average molecular weight is 388 g/mol. The van der Waals surface area contributed by atoms with E-state index in [-0.39, 0.29) is 16.1 Å². The topological polar surface area (TPSA) is 88.2 Å². The third-order valence-corrected chi connectivity index (χ3v) is 5.08. The molecule has 3 aromatic rings. The molecule has 0 aliphatic heterocycles. The maximum atomic E-state index is 12.5. The lowest BCUT2D eigenvalue weighted by Gasteiger charge is -2.12. The van der Waals surface area contributed by atoms with Gasteiger partial charge in [0.25, 0.3) is 15.9 Å². The van der Waals surface area contributed by atoms with Gasteiger partial charge in [-0.05, 0) is 48.5 Å². The monoisotopic (exact) mass is 387 g/mol. The minimum Gasteiger partial charge on any atom is -0.306 e. The molecule has 0 bridgehead atoms. The zero-order valence-corrected chi connectivity index (χ0v) is 15.0. The van der Waals surface area contributed by atoms with Crippen LogP contribution in [-0.4, -0.2) is 19.3 Å². The fourth-order valence-electron chi connectivity index (χ4n) is 2.21. The Morgan fingerprint density at radius 1 is 0.923 bits per heavy atom. The van der Waals surface area contributed by atoms with Crippen molar-refractivity contribution >= 4 is 39.0 Å². The Kier molecular flexibility index (Phi) is 5.20. The quantitative estimate of drug-likeness (QED) is 0.697. The van der Waals surface area contributed by atoms with Crippen LogP contribution in [0.3, 0.4) is 0 Å². The Balaban J connectivity index is 1.87. The number of carbonyl (C=O) groups is 1. The fraction of sp³-hybridized carbons (Fsp3) is 0. The van der Waals surface area contributed by atoms with Crippen LogP contribution in [0.25, 0.3) is 0 Å². The van der Waals surface area contributed by atoms with E-state index >= 15 is 0 Å². The molecule has 0 aliphatic carbocycles. The molecule has 0 atom stereocenters. The normalized spacial score (nSPS) is 11.0. The summed E-state index contributed by atoms with van der Waals surface area (Å²) in [5.74, 6) is -0.106. The second kappa shape index (κ2) is 7.55. The first kappa shape index (κ1) is 17.9. The number of amides is 1. The smallest absolute Gasteiger partial charge is 0.261 e. The first-order chi connectivity index (χ1) is 12.5. The summed E-state index contributed by atoms with van der Waals surface area (Å²) in [7, 11) is -3.86. The molecule has 1 amide bonds. The second-order valence-electron chi connectivity index (χ2n) is 5.27. The Bertz CT molecular complexity index is 1020. The van der Waals surface area contributed by atoms with Gasteiger partial charge in [0.1, 0.15) is 5.82 Å². The molecule has 0 unspecified atom stereocenters. The molecule has 0 spiro atoms. The number of para-hydroxylation sites is 1.